The van der Waals surface area contributed by atoms with E-state index in [9.17, 15) is 9.59 Å². The second kappa shape index (κ2) is 6.44. The Hall–Kier alpha value is -2.04. The fourth-order valence-corrected chi connectivity index (χ4v) is 0.948. The van der Waals surface area contributed by atoms with Crippen LogP contribution >= 0.6 is 0 Å². The molecule has 16 heavy (non-hydrogen) atoms. The Morgan fingerprint density at radius 3 is 2.19 bits per heavy atom. The normalized spacial score (nSPS) is 9.19. The second-order valence-corrected chi connectivity index (χ2v) is 3.21. The standard InChI is InChI=1S/C8H10O3.C3H4O2/c1-5(2)6-3-4-11-7(6)8(9)10;1-2-3(4)5/h3-5H,1-2H3,(H,9,10);2H,1H2,(H,4,5). The lowest BCUT2D eigenvalue weighted by molar-refractivity contribution is -0.131. The highest BCUT2D eigenvalue weighted by molar-refractivity contribution is 5.86. The second-order valence-electron chi connectivity index (χ2n) is 3.21. The van der Waals surface area contributed by atoms with Crippen LogP contribution in [0.25, 0.3) is 0 Å². The molecule has 0 aliphatic carbocycles. The van der Waals surface area contributed by atoms with E-state index in [1.165, 1.54) is 6.26 Å². The maximum atomic E-state index is 10.5. The van der Waals surface area contributed by atoms with Gasteiger partial charge in [-0.05, 0) is 12.0 Å². The number of carbonyl (C=O) groups is 2. The van der Waals surface area contributed by atoms with E-state index in [1.54, 1.807) is 6.07 Å². The molecule has 88 valence electrons. The van der Waals surface area contributed by atoms with Crippen molar-refractivity contribution in [3.05, 3.63) is 36.3 Å². The van der Waals surface area contributed by atoms with E-state index in [4.69, 9.17) is 14.6 Å². The Bertz CT molecular complexity index is 375. The minimum Gasteiger partial charge on any atom is -0.478 e. The van der Waals surface area contributed by atoms with Gasteiger partial charge in [0, 0.05) is 11.6 Å². The van der Waals surface area contributed by atoms with Gasteiger partial charge in [-0.25, -0.2) is 9.59 Å². The van der Waals surface area contributed by atoms with E-state index in [0.29, 0.717) is 0 Å². The van der Waals surface area contributed by atoms with Gasteiger partial charge in [0.15, 0.2) is 0 Å². The molecule has 0 radical (unpaired) electrons. The Kier molecular flexibility index (Phi) is 5.62. The fourth-order valence-electron chi connectivity index (χ4n) is 0.948. The number of aromatic carboxylic acids is 1. The molecule has 0 saturated carbocycles. The number of carboxylic acids is 2. The predicted octanol–water partition coefficient (Wildman–Crippen LogP) is 2.36. The third-order valence-corrected chi connectivity index (χ3v) is 1.69. The molecular formula is C11H14O5. The lowest BCUT2D eigenvalue weighted by atomic mass is 10.0. The van der Waals surface area contributed by atoms with Crippen LogP contribution in [0.1, 0.15) is 35.9 Å². The molecule has 2 N–H and O–H groups in total. The minimum atomic E-state index is -1.00. The summed E-state index contributed by atoms with van der Waals surface area (Å²) < 4.78 is 4.79. The van der Waals surface area contributed by atoms with E-state index >= 15 is 0 Å². The average Bonchev–Trinajstić information content (AvgIpc) is 2.67. The van der Waals surface area contributed by atoms with Crippen LogP contribution in [0, 0.1) is 0 Å². The van der Waals surface area contributed by atoms with Crippen LogP contribution in [0.15, 0.2) is 29.4 Å². The summed E-state index contributed by atoms with van der Waals surface area (Å²) in [6.45, 7) is 6.82. The van der Waals surface area contributed by atoms with Gasteiger partial charge in [-0.15, -0.1) is 0 Å². The van der Waals surface area contributed by atoms with Crippen LogP contribution in [0.4, 0.5) is 0 Å². The number of hydrogen-bond donors (Lipinski definition) is 2. The lowest BCUT2D eigenvalue weighted by Crippen LogP contribution is -1.99. The Morgan fingerprint density at radius 1 is 1.44 bits per heavy atom. The molecule has 0 spiro atoms. The molecule has 1 aromatic heterocycles. The van der Waals surface area contributed by atoms with Crippen molar-refractivity contribution in [3.63, 3.8) is 0 Å². The maximum absolute atomic E-state index is 10.5. The molecule has 0 bridgehead atoms. The molecular weight excluding hydrogens is 212 g/mol. The molecule has 0 atom stereocenters. The molecule has 1 heterocycles. The van der Waals surface area contributed by atoms with E-state index in [1.807, 2.05) is 13.8 Å². The van der Waals surface area contributed by atoms with Crippen molar-refractivity contribution < 1.29 is 24.2 Å². The number of carboxylic acid groups (broad SMARTS) is 2. The third-order valence-electron chi connectivity index (χ3n) is 1.69. The predicted molar refractivity (Wildman–Crippen MR) is 57.6 cm³/mol. The third kappa shape index (κ3) is 4.45. The lowest BCUT2D eigenvalue weighted by Gasteiger charge is -2.00. The highest BCUT2D eigenvalue weighted by Crippen LogP contribution is 2.19. The molecule has 0 aromatic carbocycles. The zero-order chi connectivity index (χ0) is 12.7. The summed E-state index contributed by atoms with van der Waals surface area (Å²) in [5.74, 6) is -1.73. The van der Waals surface area contributed by atoms with E-state index in [0.717, 1.165) is 11.6 Å². The van der Waals surface area contributed by atoms with Crippen molar-refractivity contribution in [2.24, 2.45) is 0 Å². The molecule has 1 aromatic rings. The first kappa shape index (κ1) is 14.0. The highest BCUT2D eigenvalue weighted by atomic mass is 16.4. The van der Waals surface area contributed by atoms with Crippen LogP contribution in [-0.2, 0) is 4.79 Å². The van der Waals surface area contributed by atoms with Crippen LogP contribution in [0.5, 0.6) is 0 Å². The summed E-state index contributed by atoms with van der Waals surface area (Å²) in [5, 5.41) is 16.2. The number of furan rings is 1. The van der Waals surface area contributed by atoms with Gasteiger partial charge in [0.2, 0.25) is 5.76 Å². The largest absolute Gasteiger partial charge is 0.478 e. The van der Waals surface area contributed by atoms with E-state index in [-0.39, 0.29) is 11.7 Å². The molecule has 5 nitrogen and oxygen atoms in total. The average molecular weight is 226 g/mol. The highest BCUT2D eigenvalue weighted by Gasteiger charge is 2.15. The van der Waals surface area contributed by atoms with Crippen molar-refractivity contribution in [3.8, 4) is 0 Å². The maximum Gasteiger partial charge on any atom is 0.372 e. The van der Waals surface area contributed by atoms with Gasteiger partial charge in [0.25, 0.3) is 0 Å². The first-order chi connectivity index (χ1) is 7.40. The van der Waals surface area contributed by atoms with Crippen LogP contribution < -0.4 is 0 Å². The molecule has 5 heteroatoms. The van der Waals surface area contributed by atoms with Gasteiger partial charge >= 0.3 is 11.9 Å². The molecule has 1 rings (SSSR count). The zero-order valence-electron chi connectivity index (χ0n) is 9.14. The molecule has 0 fully saturated rings. The van der Waals surface area contributed by atoms with E-state index < -0.39 is 11.9 Å². The van der Waals surface area contributed by atoms with Gasteiger partial charge in [0.05, 0.1) is 6.26 Å². The minimum absolute atomic E-state index is 0.0556. The molecule has 0 amide bonds. The van der Waals surface area contributed by atoms with Gasteiger partial charge in [-0.2, -0.15) is 0 Å². The van der Waals surface area contributed by atoms with Gasteiger partial charge in [0.1, 0.15) is 0 Å². The molecule has 0 aliphatic heterocycles. The summed E-state index contributed by atoms with van der Waals surface area (Å²) in [5.41, 5.74) is 0.748. The number of aliphatic carboxylic acids is 1. The molecule has 0 aliphatic rings. The van der Waals surface area contributed by atoms with Crippen molar-refractivity contribution in [2.45, 2.75) is 19.8 Å². The SMILES string of the molecule is C=CC(=O)O.CC(C)c1ccoc1C(=O)O. The Balaban J connectivity index is 0.000000385. The summed E-state index contributed by atoms with van der Waals surface area (Å²) >= 11 is 0. The van der Waals surface area contributed by atoms with Crippen molar-refractivity contribution in [1.29, 1.82) is 0 Å². The first-order valence-electron chi connectivity index (χ1n) is 4.56. The fraction of sp³-hybridized carbons (Fsp3) is 0.273. The summed E-state index contributed by atoms with van der Waals surface area (Å²) in [6.07, 6.45) is 2.23. The Morgan fingerprint density at radius 2 is 1.94 bits per heavy atom. The van der Waals surface area contributed by atoms with Crippen molar-refractivity contribution in [1.82, 2.24) is 0 Å². The quantitative estimate of drug-likeness (QED) is 0.772. The molecule has 0 unspecified atom stereocenters. The number of hydrogen-bond acceptors (Lipinski definition) is 3. The topological polar surface area (TPSA) is 87.7 Å². The number of rotatable bonds is 3. The zero-order valence-corrected chi connectivity index (χ0v) is 9.14. The summed E-state index contributed by atoms with van der Waals surface area (Å²) in [6, 6.07) is 1.69. The monoisotopic (exact) mass is 226 g/mol. The van der Waals surface area contributed by atoms with Crippen molar-refractivity contribution in [2.75, 3.05) is 0 Å². The van der Waals surface area contributed by atoms with Gasteiger partial charge < -0.3 is 14.6 Å². The van der Waals surface area contributed by atoms with Crippen LogP contribution in [-0.4, -0.2) is 22.2 Å². The van der Waals surface area contributed by atoms with Crippen molar-refractivity contribution >= 4 is 11.9 Å². The smallest absolute Gasteiger partial charge is 0.372 e. The first-order valence-corrected chi connectivity index (χ1v) is 4.56. The van der Waals surface area contributed by atoms with Gasteiger partial charge in [-0.3, -0.25) is 0 Å². The van der Waals surface area contributed by atoms with E-state index in [2.05, 4.69) is 6.58 Å². The van der Waals surface area contributed by atoms with Gasteiger partial charge in [-0.1, -0.05) is 20.4 Å². The summed E-state index contributed by atoms with van der Waals surface area (Å²) in [7, 11) is 0. The Labute approximate surface area is 93.0 Å². The van der Waals surface area contributed by atoms with Crippen LogP contribution in [0.3, 0.4) is 0 Å². The van der Waals surface area contributed by atoms with Crippen LogP contribution in [0.2, 0.25) is 0 Å². The summed E-state index contributed by atoms with van der Waals surface area (Å²) in [4.78, 5) is 19.7. The molecule has 0 saturated heterocycles.